The fourth-order valence-corrected chi connectivity index (χ4v) is 2.87. The predicted octanol–water partition coefficient (Wildman–Crippen LogP) is 3.44. The molecule has 4 heteroatoms. The molecule has 0 saturated carbocycles. The van der Waals surface area contributed by atoms with E-state index in [2.05, 4.69) is 11.8 Å². The van der Waals surface area contributed by atoms with Gasteiger partial charge in [0.15, 0.2) is 0 Å². The SMILES string of the molecule is CCCCCN1COc2ccc3c(C)cc(=O)oc3c2C1. The fourth-order valence-electron chi connectivity index (χ4n) is 2.87. The van der Waals surface area contributed by atoms with Gasteiger partial charge in [-0.15, -0.1) is 0 Å². The van der Waals surface area contributed by atoms with Crippen LogP contribution in [-0.4, -0.2) is 18.2 Å². The van der Waals surface area contributed by atoms with Crippen LogP contribution in [0.2, 0.25) is 0 Å². The van der Waals surface area contributed by atoms with E-state index in [-0.39, 0.29) is 5.63 Å². The molecule has 1 aromatic heterocycles. The van der Waals surface area contributed by atoms with Gasteiger partial charge in [0.1, 0.15) is 18.1 Å². The molecule has 21 heavy (non-hydrogen) atoms. The highest BCUT2D eigenvalue weighted by atomic mass is 16.5. The Morgan fingerprint density at radius 1 is 1.29 bits per heavy atom. The van der Waals surface area contributed by atoms with E-state index in [1.165, 1.54) is 25.3 Å². The van der Waals surface area contributed by atoms with E-state index in [4.69, 9.17) is 9.15 Å². The summed E-state index contributed by atoms with van der Waals surface area (Å²) in [6.45, 7) is 6.54. The van der Waals surface area contributed by atoms with Crippen LogP contribution in [0.1, 0.15) is 37.3 Å². The third-order valence-corrected chi connectivity index (χ3v) is 4.04. The van der Waals surface area contributed by atoms with E-state index in [9.17, 15) is 4.79 Å². The largest absolute Gasteiger partial charge is 0.478 e. The van der Waals surface area contributed by atoms with Crippen LogP contribution >= 0.6 is 0 Å². The Hall–Kier alpha value is -1.81. The summed E-state index contributed by atoms with van der Waals surface area (Å²) in [6, 6.07) is 5.49. The summed E-state index contributed by atoms with van der Waals surface area (Å²) in [5.41, 5.74) is 2.33. The lowest BCUT2D eigenvalue weighted by Gasteiger charge is -2.29. The molecule has 0 fully saturated rings. The van der Waals surface area contributed by atoms with E-state index in [1.54, 1.807) is 0 Å². The zero-order valence-electron chi connectivity index (χ0n) is 12.6. The number of fused-ring (bicyclic) bond motifs is 3. The summed E-state index contributed by atoms with van der Waals surface area (Å²) in [5.74, 6) is 0.836. The van der Waals surface area contributed by atoms with Gasteiger partial charge in [-0.1, -0.05) is 19.8 Å². The molecule has 0 unspecified atom stereocenters. The number of hydrogen-bond acceptors (Lipinski definition) is 4. The Morgan fingerprint density at radius 2 is 2.14 bits per heavy atom. The predicted molar refractivity (Wildman–Crippen MR) is 82.7 cm³/mol. The minimum absolute atomic E-state index is 0.295. The van der Waals surface area contributed by atoms with Crippen LogP contribution in [0, 0.1) is 6.92 Å². The Labute approximate surface area is 124 Å². The molecule has 112 valence electrons. The van der Waals surface area contributed by atoms with Crippen LogP contribution in [0.5, 0.6) is 5.75 Å². The first-order chi connectivity index (χ1) is 10.2. The Balaban J connectivity index is 1.95. The Morgan fingerprint density at radius 3 is 2.95 bits per heavy atom. The van der Waals surface area contributed by atoms with Crippen molar-refractivity contribution in [3.63, 3.8) is 0 Å². The minimum Gasteiger partial charge on any atom is -0.478 e. The highest BCUT2D eigenvalue weighted by Gasteiger charge is 2.21. The highest BCUT2D eigenvalue weighted by Crippen LogP contribution is 2.32. The lowest BCUT2D eigenvalue weighted by molar-refractivity contribution is 0.0939. The fraction of sp³-hybridized carbons (Fsp3) is 0.471. The summed E-state index contributed by atoms with van der Waals surface area (Å²) in [4.78, 5) is 13.9. The van der Waals surface area contributed by atoms with E-state index in [0.29, 0.717) is 12.3 Å². The monoisotopic (exact) mass is 287 g/mol. The van der Waals surface area contributed by atoms with E-state index >= 15 is 0 Å². The van der Waals surface area contributed by atoms with Crippen LogP contribution in [0.3, 0.4) is 0 Å². The first-order valence-electron chi connectivity index (χ1n) is 7.60. The van der Waals surface area contributed by atoms with Crippen molar-refractivity contribution in [2.24, 2.45) is 0 Å². The van der Waals surface area contributed by atoms with Crippen molar-refractivity contribution in [3.8, 4) is 5.75 Å². The second-order valence-corrected chi connectivity index (χ2v) is 5.70. The molecule has 0 radical (unpaired) electrons. The van der Waals surface area contributed by atoms with Crippen molar-refractivity contribution in [1.82, 2.24) is 4.90 Å². The van der Waals surface area contributed by atoms with Crippen molar-refractivity contribution in [2.75, 3.05) is 13.3 Å². The first kappa shape index (κ1) is 14.1. The molecule has 0 amide bonds. The van der Waals surface area contributed by atoms with Gasteiger partial charge in [-0.25, -0.2) is 4.79 Å². The zero-order valence-corrected chi connectivity index (χ0v) is 12.6. The number of nitrogens with zero attached hydrogens (tertiary/aromatic N) is 1. The molecule has 2 aromatic rings. The van der Waals surface area contributed by atoms with Gasteiger partial charge in [0.25, 0.3) is 0 Å². The normalized spacial score (nSPS) is 15.0. The maximum absolute atomic E-state index is 11.7. The number of aryl methyl sites for hydroxylation is 1. The molecule has 1 aromatic carbocycles. The third kappa shape index (κ3) is 2.81. The zero-order chi connectivity index (χ0) is 14.8. The quantitative estimate of drug-likeness (QED) is 0.638. The summed E-state index contributed by atoms with van der Waals surface area (Å²) in [7, 11) is 0. The summed E-state index contributed by atoms with van der Waals surface area (Å²) in [6.07, 6.45) is 3.61. The standard InChI is InChI=1S/C17H21NO3/c1-3-4-5-8-18-10-14-15(20-11-18)7-6-13-12(2)9-16(19)21-17(13)14/h6-7,9H,3-5,8,10-11H2,1-2H3. The van der Waals surface area contributed by atoms with E-state index in [0.717, 1.165) is 35.4 Å². The summed E-state index contributed by atoms with van der Waals surface area (Å²) < 4.78 is 11.3. The molecule has 1 aliphatic heterocycles. The van der Waals surface area contributed by atoms with Crippen LogP contribution in [0.25, 0.3) is 11.0 Å². The number of unbranched alkanes of at least 4 members (excludes halogenated alkanes) is 2. The molecule has 0 saturated heterocycles. The number of rotatable bonds is 4. The first-order valence-corrected chi connectivity index (χ1v) is 7.60. The van der Waals surface area contributed by atoms with Crippen LogP contribution in [0.15, 0.2) is 27.4 Å². The molecular formula is C17H21NO3. The maximum Gasteiger partial charge on any atom is 0.336 e. The number of ether oxygens (including phenoxy) is 1. The van der Waals surface area contributed by atoms with Crippen molar-refractivity contribution >= 4 is 11.0 Å². The highest BCUT2D eigenvalue weighted by molar-refractivity contribution is 5.85. The van der Waals surface area contributed by atoms with Crippen molar-refractivity contribution in [2.45, 2.75) is 39.7 Å². The van der Waals surface area contributed by atoms with Gasteiger partial charge in [-0.3, -0.25) is 4.90 Å². The van der Waals surface area contributed by atoms with Gasteiger partial charge in [-0.05, 0) is 31.0 Å². The average molecular weight is 287 g/mol. The smallest absolute Gasteiger partial charge is 0.336 e. The van der Waals surface area contributed by atoms with Crippen molar-refractivity contribution in [1.29, 1.82) is 0 Å². The lowest BCUT2D eigenvalue weighted by atomic mass is 10.0. The molecule has 3 rings (SSSR count). The van der Waals surface area contributed by atoms with Crippen molar-refractivity contribution in [3.05, 3.63) is 39.7 Å². The molecule has 2 heterocycles. The van der Waals surface area contributed by atoms with Gasteiger partial charge in [-0.2, -0.15) is 0 Å². The molecular weight excluding hydrogens is 266 g/mol. The van der Waals surface area contributed by atoms with Gasteiger partial charge in [0.05, 0.1) is 5.56 Å². The Kier molecular flexibility index (Phi) is 3.97. The number of benzene rings is 1. The number of hydrogen-bond donors (Lipinski definition) is 0. The molecule has 4 nitrogen and oxygen atoms in total. The maximum atomic E-state index is 11.7. The third-order valence-electron chi connectivity index (χ3n) is 4.04. The molecule has 0 spiro atoms. The Bertz CT molecular complexity index is 705. The van der Waals surface area contributed by atoms with Crippen LogP contribution in [0.4, 0.5) is 0 Å². The average Bonchev–Trinajstić information content (AvgIpc) is 2.47. The molecule has 0 N–H and O–H groups in total. The summed E-state index contributed by atoms with van der Waals surface area (Å²) >= 11 is 0. The second kappa shape index (κ2) is 5.90. The topological polar surface area (TPSA) is 42.7 Å². The summed E-state index contributed by atoms with van der Waals surface area (Å²) in [5, 5.41) is 0.993. The molecule has 1 aliphatic rings. The van der Waals surface area contributed by atoms with Gasteiger partial charge in [0, 0.05) is 24.5 Å². The molecule has 0 atom stereocenters. The van der Waals surface area contributed by atoms with Crippen LogP contribution < -0.4 is 10.4 Å². The second-order valence-electron chi connectivity index (χ2n) is 5.70. The van der Waals surface area contributed by atoms with Gasteiger partial charge >= 0.3 is 5.63 Å². The molecule has 0 aliphatic carbocycles. The minimum atomic E-state index is -0.295. The van der Waals surface area contributed by atoms with Gasteiger partial charge < -0.3 is 9.15 Å². The van der Waals surface area contributed by atoms with Crippen molar-refractivity contribution < 1.29 is 9.15 Å². The lowest BCUT2D eigenvalue weighted by Crippen LogP contribution is -2.33. The van der Waals surface area contributed by atoms with Gasteiger partial charge in [0.2, 0.25) is 0 Å². The van der Waals surface area contributed by atoms with E-state index < -0.39 is 0 Å². The van der Waals surface area contributed by atoms with Crippen LogP contribution in [-0.2, 0) is 6.54 Å². The molecule has 0 bridgehead atoms. The van der Waals surface area contributed by atoms with E-state index in [1.807, 2.05) is 19.1 Å².